The Labute approximate surface area is 372 Å². The molecule has 0 aromatic rings. The van der Waals surface area contributed by atoms with E-state index < -0.39 is 16.3 Å². The van der Waals surface area contributed by atoms with Crippen LogP contribution in [0.5, 0.6) is 0 Å². The van der Waals surface area contributed by atoms with E-state index in [1.54, 1.807) is 0 Å². The molecule has 0 radical (unpaired) electrons. The molecule has 10 nitrogen and oxygen atoms in total. The number of nitrogens with zero attached hydrogens (tertiary/aromatic N) is 2. The Morgan fingerprint density at radius 1 is 0.517 bits per heavy atom. The van der Waals surface area contributed by atoms with Gasteiger partial charge in [-0.1, -0.05) is 162 Å². The first kappa shape index (κ1) is 58.7. The number of hydrogen-bond donors (Lipinski definition) is 2. The van der Waals surface area contributed by atoms with Gasteiger partial charge in [-0.15, -0.1) is 0 Å². The zero-order chi connectivity index (χ0) is 44.4. The highest BCUT2D eigenvalue weighted by Crippen LogP contribution is 2.19. The van der Waals surface area contributed by atoms with Crippen molar-refractivity contribution in [3.05, 3.63) is 0 Å². The van der Waals surface area contributed by atoms with Gasteiger partial charge >= 0.3 is 11.9 Å². The average Bonchev–Trinajstić information content (AvgIpc) is 3.20. The number of hydrogen-bond acceptors (Lipinski definition) is 9. The summed E-state index contributed by atoms with van der Waals surface area (Å²) in [6, 6.07) is 0. The minimum absolute atomic E-state index is 0.00118. The fourth-order valence-electron chi connectivity index (χ4n) is 7.81. The Hall–Kier alpha value is -1.27. The van der Waals surface area contributed by atoms with Crippen LogP contribution in [0, 0.1) is 0 Å². The molecule has 0 amide bonds. The Balaban J connectivity index is 4.59. The molecule has 0 aromatic carbocycles. The maximum absolute atomic E-state index is 12.9. The number of unbranched alkanes of at least 4 members (excludes halogenated alkanes) is 24. The van der Waals surface area contributed by atoms with Gasteiger partial charge in [-0.25, -0.2) is 8.42 Å². The smallest absolute Gasteiger partial charge is 0.306 e. The van der Waals surface area contributed by atoms with Crippen molar-refractivity contribution in [3.63, 3.8) is 0 Å². The van der Waals surface area contributed by atoms with E-state index in [0.29, 0.717) is 26.0 Å². The quantitative estimate of drug-likeness (QED) is 0.0350. The maximum atomic E-state index is 12.9. The molecule has 1 unspecified atom stereocenters. The second-order valence-electron chi connectivity index (χ2n) is 18.0. The minimum Gasteiger partial charge on any atom is -0.466 e. The van der Waals surface area contributed by atoms with Gasteiger partial charge in [-0.3, -0.25) is 19.8 Å². The van der Waals surface area contributed by atoms with E-state index >= 15 is 0 Å². The van der Waals surface area contributed by atoms with Gasteiger partial charge in [0.2, 0.25) is 10.0 Å². The molecule has 0 aromatic heterocycles. The normalized spacial score (nSPS) is 12.6. The molecular weight excluding hydrogens is 773 g/mol. The number of esters is 2. The summed E-state index contributed by atoms with van der Waals surface area (Å²) in [5, 5.41) is 3.34. The van der Waals surface area contributed by atoms with Crippen LogP contribution in [-0.2, 0) is 29.1 Å². The number of rotatable bonds is 47. The molecule has 0 aliphatic carbocycles. The second kappa shape index (κ2) is 43.0. The van der Waals surface area contributed by atoms with Crippen molar-refractivity contribution in [2.24, 2.45) is 0 Å². The first-order chi connectivity index (χ1) is 29.0. The molecule has 0 aliphatic rings. The van der Waals surface area contributed by atoms with Crippen LogP contribution >= 0.6 is 0 Å². The van der Waals surface area contributed by atoms with E-state index in [9.17, 15) is 18.0 Å². The molecule has 358 valence electrons. The lowest BCUT2D eigenvalue weighted by Gasteiger charge is -2.27. The number of carbonyl (C=O) groups is 2. The highest BCUT2D eigenvalue weighted by molar-refractivity contribution is 7.88. The zero-order valence-electron chi connectivity index (χ0n) is 40.5. The summed E-state index contributed by atoms with van der Waals surface area (Å²) < 4.78 is 37.8. The third kappa shape index (κ3) is 42.1. The van der Waals surface area contributed by atoms with E-state index in [-0.39, 0.29) is 18.0 Å². The molecule has 0 saturated heterocycles. The van der Waals surface area contributed by atoms with Crippen LogP contribution in [0.4, 0.5) is 0 Å². The van der Waals surface area contributed by atoms with Crippen LogP contribution in [-0.4, -0.2) is 95.7 Å². The standard InChI is InChI=1S/C49H100N4O6S/c1-7-10-13-16-19-28-35-45-58-47(54)39-31-24-20-26-33-42-53(44-36-41-50-49(52(4)5)51-60(6,56)57)43-34-27-21-25-32-40-48(55)59-46(37-29-22-17-14-11-8-2)38-30-23-18-15-12-9-3/h46,49-51H,7-45H2,1-6H3. The summed E-state index contributed by atoms with van der Waals surface area (Å²) in [5.74, 6) is -0.0473. The largest absolute Gasteiger partial charge is 0.466 e. The van der Waals surface area contributed by atoms with Gasteiger partial charge in [0.25, 0.3) is 0 Å². The van der Waals surface area contributed by atoms with Crippen molar-refractivity contribution < 1.29 is 27.5 Å². The van der Waals surface area contributed by atoms with Crippen LogP contribution in [0.3, 0.4) is 0 Å². The second-order valence-corrected chi connectivity index (χ2v) is 19.8. The van der Waals surface area contributed by atoms with Gasteiger partial charge in [0.15, 0.2) is 0 Å². The Morgan fingerprint density at radius 2 is 0.917 bits per heavy atom. The molecule has 0 spiro atoms. The first-order valence-electron chi connectivity index (χ1n) is 25.5. The molecule has 1 atom stereocenters. The predicted molar refractivity (Wildman–Crippen MR) is 255 cm³/mol. The average molecular weight is 873 g/mol. The van der Waals surface area contributed by atoms with E-state index in [1.807, 2.05) is 19.0 Å². The van der Waals surface area contributed by atoms with Crippen LogP contribution in [0.2, 0.25) is 0 Å². The minimum atomic E-state index is -3.32. The summed E-state index contributed by atoms with van der Waals surface area (Å²) in [5.41, 5.74) is 0. The van der Waals surface area contributed by atoms with Crippen molar-refractivity contribution in [1.82, 2.24) is 19.8 Å². The number of carbonyl (C=O) groups excluding carboxylic acids is 2. The molecule has 0 rings (SSSR count). The van der Waals surface area contributed by atoms with Crippen LogP contribution in [0.1, 0.15) is 239 Å². The molecule has 0 aliphatic heterocycles. The third-order valence-electron chi connectivity index (χ3n) is 11.6. The van der Waals surface area contributed by atoms with Gasteiger partial charge in [0.1, 0.15) is 12.4 Å². The van der Waals surface area contributed by atoms with E-state index in [1.165, 1.54) is 115 Å². The lowest BCUT2D eigenvalue weighted by Crippen LogP contribution is -2.54. The Morgan fingerprint density at radius 3 is 1.38 bits per heavy atom. The van der Waals surface area contributed by atoms with Crippen molar-refractivity contribution in [1.29, 1.82) is 0 Å². The van der Waals surface area contributed by atoms with Crippen molar-refractivity contribution in [2.45, 2.75) is 251 Å². The predicted octanol–water partition coefficient (Wildman–Crippen LogP) is 12.1. The van der Waals surface area contributed by atoms with Crippen LogP contribution < -0.4 is 10.0 Å². The van der Waals surface area contributed by atoms with Crippen molar-refractivity contribution in [3.8, 4) is 0 Å². The first-order valence-corrected chi connectivity index (χ1v) is 27.4. The summed E-state index contributed by atoms with van der Waals surface area (Å²) in [7, 11) is 0.394. The molecule has 2 N–H and O–H groups in total. The van der Waals surface area contributed by atoms with Crippen molar-refractivity contribution >= 4 is 22.0 Å². The SMILES string of the molecule is CCCCCCCCCOC(=O)CCCCCCCN(CCCCCCCC(=O)OC(CCCCCCCC)CCCCCCCC)CCCNC(NS(C)(=O)=O)N(C)C. The highest BCUT2D eigenvalue weighted by Gasteiger charge is 2.16. The molecule has 60 heavy (non-hydrogen) atoms. The molecular formula is C49H100N4O6S. The van der Waals surface area contributed by atoms with E-state index in [4.69, 9.17) is 9.47 Å². The lowest BCUT2D eigenvalue weighted by molar-refractivity contribution is -0.150. The lowest BCUT2D eigenvalue weighted by atomic mass is 10.0. The molecule has 0 heterocycles. The fourth-order valence-corrected chi connectivity index (χ4v) is 8.51. The Kier molecular flexibility index (Phi) is 42.1. The zero-order valence-corrected chi connectivity index (χ0v) is 41.3. The number of ether oxygens (including phenoxy) is 2. The van der Waals surface area contributed by atoms with Crippen LogP contribution in [0.15, 0.2) is 0 Å². The summed E-state index contributed by atoms with van der Waals surface area (Å²) in [6.07, 6.45) is 39.4. The topological polar surface area (TPSA) is 117 Å². The highest BCUT2D eigenvalue weighted by atomic mass is 32.2. The van der Waals surface area contributed by atoms with Gasteiger partial charge in [-0.05, 0) is 104 Å². The number of nitrogens with one attached hydrogen (secondary N) is 2. The van der Waals surface area contributed by atoms with Gasteiger partial charge < -0.3 is 14.4 Å². The summed E-state index contributed by atoms with van der Waals surface area (Å²) in [6.45, 7) is 11.1. The molecule has 0 saturated carbocycles. The van der Waals surface area contributed by atoms with Gasteiger partial charge in [-0.2, -0.15) is 4.72 Å². The van der Waals surface area contributed by atoms with Gasteiger partial charge in [0.05, 0.1) is 12.9 Å². The Bertz CT molecular complexity index is 1050. The molecule has 11 heteroatoms. The maximum Gasteiger partial charge on any atom is 0.306 e. The van der Waals surface area contributed by atoms with Gasteiger partial charge in [0, 0.05) is 12.8 Å². The molecule has 0 bridgehead atoms. The fraction of sp³-hybridized carbons (Fsp3) is 0.959. The summed E-state index contributed by atoms with van der Waals surface area (Å²) in [4.78, 5) is 29.4. The van der Waals surface area contributed by atoms with E-state index in [2.05, 4.69) is 35.7 Å². The third-order valence-corrected chi connectivity index (χ3v) is 12.3. The molecule has 0 fully saturated rings. The van der Waals surface area contributed by atoms with Crippen LogP contribution in [0.25, 0.3) is 0 Å². The van der Waals surface area contributed by atoms with E-state index in [0.717, 1.165) is 116 Å². The van der Waals surface area contributed by atoms with Crippen molar-refractivity contribution in [2.75, 3.05) is 53.1 Å². The summed E-state index contributed by atoms with van der Waals surface area (Å²) >= 11 is 0. The monoisotopic (exact) mass is 873 g/mol. The number of sulfonamides is 1.